The highest BCUT2D eigenvalue weighted by Gasteiger charge is 2.29. The molecule has 164 valence electrons. The Balaban J connectivity index is -0.000000807. The van der Waals surface area contributed by atoms with E-state index in [1.54, 1.807) is 6.16 Å². The fourth-order valence-electron chi connectivity index (χ4n) is 3.79. The van der Waals surface area contributed by atoms with Crippen LogP contribution in [0.25, 0.3) is 0 Å². The van der Waals surface area contributed by atoms with Crippen molar-refractivity contribution in [2.75, 3.05) is 24.6 Å². The zero-order chi connectivity index (χ0) is 17.2. The Bertz CT molecular complexity index is 228. The Hall–Kier alpha value is 1.35. The van der Waals surface area contributed by atoms with Gasteiger partial charge in [0.1, 0.15) is 0 Å². The lowest BCUT2D eigenvalue weighted by molar-refractivity contribution is -0.00000588. The minimum Gasteiger partial charge on any atom is -1.00 e. The van der Waals surface area contributed by atoms with Gasteiger partial charge >= 0.3 is 0 Å². The molecule has 3 N–H and O–H groups in total. The lowest BCUT2D eigenvalue weighted by Crippen LogP contribution is -3.00. The van der Waals surface area contributed by atoms with Gasteiger partial charge in [0.05, 0.1) is 24.6 Å². The van der Waals surface area contributed by atoms with Crippen LogP contribution in [-0.2, 0) is 0 Å². The summed E-state index contributed by atoms with van der Waals surface area (Å²) in [5.74, 6) is 0. The first-order valence-corrected chi connectivity index (χ1v) is 13.6. The van der Waals surface area contributed by atoms with Gasteiger partial charge in [-0.05, 0) is 33.6 Å². The second kappa shape index (κ2) is 26.4. The molecule has 0 unspecified atom stereocenters. The number of hydrogen-bond donors (Lipinski definition) is 1. The molecule has 26 heavy (non-hydrogen) atoms. The predicted octanol–water partition coefficient (Wildman–Crippen LogP) is 6.29. The molecule has 0 aromatic rings. The van der Waals surface area contributed by atoms with E-state index in [4.69, 9.17) is 0 Å². The van der Waals surface area contributed by atoms with Gasteiger partial charge in [-0.3, -0.25) is 0 Å². The van der Waals surface area contributed by atoms with E-state index in [1.807, 2.05) is 0 Å². The van der Waals surface area contributed by atoms with E-state index >= 15 is 0 Å². The van der Waals surface area contributed by atoms with Crippen molar-refractivity contribution < 1.29 is 17.0 Å². The molecule has 0 aromatic carbocycles. The van der Waals surface area contributed by atoms with E-state index in [0.29, 0.717) is 0 Å². The van der Waals surface area contributed by atoms with Crippen LogP contribution in [0.4, 0.5) is 0 Å². The minimum absolute atomic E-state index is 0. The monoisotopic (exact) mass is 519 g/mol. The van der Waals surface area contributed by atoms with Gasteiger partial charge < -0.3 is 23.1 Å². The first-order valence-electron chi connectivity index (χ1n) is 11.1. The summed E-state index contributed by atoms with van der Waals surface area (Å²) in [6, 6.07) is 0. The highest BCUT2D eigenvalue weighted by molar-refractivity contribution is 8.93. The summed E-state index contributed by atoms with van der Waals surface area (Å²) < 4.78 is 0. The third-order valence-corrected chi connectivity index (χ3v) is 11.3. The fourth-order valence-corrected chi connectivity index (χ4v) is 6.97. The first kappa shape index (κ1) is 34.8. The fraction of sp³-hybridized carbons (Fsp3) is 1.00. The molecule has 0 radical (unpaired) electrons. The molecule has 0 aliphatic carbocycles. The largest absolute Gasteiger partial charge is 1.00 e. The molecular weight excluding hydrogens is 469 g/mol. The van der Waals surface area contributed by atoms with E-state index in [1.165, 1.54) is 108 Å². The van der Waals surface area contributed by atoms with Gasteiger partial charge in [-0.1, -0.05) is 84.0 Å². The SMILES string of the molecule is Br.CCCCCCCCCCCCCCCC[P+](CC)(CC)CC.N.[Br-]. The third kappa shape index (κ3) is 20.1. The van der Waals surface area contributed by atoms with Crippen molar-refractivity contribution in [2.24, 2.45) is 0 Å². The van der Waals surface area contributed by atoms with Crippen LogP contribution in [0.5, 0.6) is 0 Å². The van der Waals surface area contributed by atoms with Crippen molar-refractivity contribution in [1.29, 1.82) is 0 Å². The zero-order valence-corrected chi connectivity index (χ0v) is 22.9. The smallest absolute Gasteiger partial charge is 0.0594 e. The van der Waals surface area contributed by atoms with E-state index in [2.05, 4.69) is 27.7 Å². The van der Waals surface area contributed by atoms with E-state index in [-0.39, 0.29) is 40.1 Å². The summed E-state index contributed by atoms with van der Waals surface area (Å²) in [4.78, 5) is 0. The average Bonchev–Trinajstić information content (AvgIpc) is 2.59. The molecule has 0 saturated heterocycles. The van der Waals surface area contributed by atoms with E-state index in [9.17, 15) is 0 Å². The number of hydrogen-bond acceptors (Lipinski definition) is 1. The molecule has 1 nitrogen and oxygen atoms in total. The van der Waals surface area contributed by atoms with Gasteiger partial charge in [0, 0.05) is 7.26 Å². The Kier molecular flexibility index (Phi) is 35.3. The Morgan fingerprint density at radius 2 is 0.731 bits per heavy atom. The molecule has 0 spiro atoms. The van der Waals surface area contributed by atoms with Crippen LogP contribution in [0, 0.1) is 0 Å². The highest BCUT2D eigenvalue weighted by atomic mass is 79.9. The molecule has 4 heteroatoms. The molecule has 0 atom stereocenters. The topological polar surface area (TPSA) is 35.0 Å². The van der Waals surface area contributed by atoms with Crippen molar-refractivity contribution in [3.63, 3.8) is 0 Å². The summed E-state index contributed by atoms with van der Waals surface area (Å²) in [7, 11) is -0.523. The van der Waals surface area contributed by atoms with Gasteiger partial charge in [0.2, 0.25) is 0 Å². The van der Waals surface area contributed by atoms with Gasteiger partial charge in [0.25, 0.3) is 0 Å². The van der Waals surface area contributed by atoms with Crippen LogP contribution in [0.1, 0.15) is 118 Å². The van der Waals surface area contributed by atoms with Crippen molar-refractivity contribution in [1.82, 2.24) is 6.15 Å². The molecule has 0 saturated carbocycles. The predicted molar refractivity (Wildman–Crippen MR) is 129 cm³/mol. The third-order valence-electron chi connectivity index (χ3n) is 6.00. The summed E-state index contributed by atoms with van der Waals surface area (Å²) in [5, 5.41) is 0. The van der Waals surface area contributed by atoms with Crippen LogP contribution in [0.15, 0.2) is 0 Å². The maximum Gasteiger partial charge on any atom is 0.0594 e. The molecule has 0 bridgehead atoms. The average molecular weight is 521 g/mol. The maximum absolute atomic E-state index is 2.44. The van der Waals surface area contributed by atoms with Crippen LogP contribution < -0.4 is 23.1 Å². The van der Waals surface area contributed by atoms with E-state index < -0.39 is 7.26 Å². The maximum atomic E-state index is 2.44. The second-order valence-corrected chi connectivity index (χ2v) is 12.6. The van der Waals surface area contributed by atoms with Crippen molar-refractivity contribution in [3.8, 4) is 0 Å². The number of unbranched alkanes of at least 4 members (excludes halogenated alkanes) is 13. The van der Waals surface area contributed by atoms with Gasteiger partial charge in [0.15, 0.2) is 0 Å². The summed E-state index contributed by atoms with van der Waals surface area (Å²) >= 11 is 0. The highest BCUT2D eigenvalue weighted by Crippen LogP contribution is 2.58. The summed E-state index contributed by atoms with van der Waals surface area (Å²) in [6.45, 7) is 9.61. The molecule has 0 aliphatic heterocycles. The number of rotatable bonds is 18. The molecule has 0 heterocycles. The Morgan fingerprint density at radius 3 is 1.00 bits per heavy atom. The first-order chi connectivity index (χ1) is 11.2. The van der Waals surface area contributed by atoms with Crippen LogP contribution in [0.2, 0.25) is 0 Å². The van der Waals surface area contributed by atoms with Crippen LogP contribution >= 0.6 is 24.2 Å². The van der Waals surface area contributed by atoms with Gasteiger partial charge in [-0.2, -0.15) is 0 Å². The van der Waals surface area contributed by atoms with Crippen LogP contribution in [-0.4, -0.2) is 24.6 Å². The van der Waals surface area contributed by atoms with Crippen molar-refractivity contribution >= 4 is 24.2 Å². The number of halogens is 2. The normalized spacial score (nSPS) is 10.6. The molecule has 0 aromatic heterocycles. The molecule has 0 aliphatic rings. The standard InChI is InChI=1S/C22H48P.2BrH.H3N/c1-5-9-10-11-12-13-14-15-16-17-18-19-20-21-22-23(6-2,7-3)8-4;;;/h5-22H2,1-4H3;2*1H;1H3/q+1;;;/p-1. The second-order valence-electron chi connectivity index (χ2n) is 7.61. The van der Waals surface area contributed by atoms with Gasteiger partial charge in [-0.15, -0.1) is 17.0 Å². The van der Waals surface area contributed by atoms with Crippen molar-refractivity contribution in [3.05, 3.63) is 0 Å². The summed E-state index contributed by atoms with van der Waals surface area (Å²) in [6.07, 6.45) is 26.7. The minimum atomic E-state index is -0.523. The zero-order valence-electron chi connectivity index (χ0n) is 18.7. The lowest BCUT2D eigenvalue weighted by atomic mass is 10.0. The van der Waals surface area contributed by atoms with Crippen molar-refractivity contribution in [2.45, 2.75) is 118 Å². The van der Waals surface area contributed by atoms with Crippen LogP contribution in [0.3, 0.4) is 0 Å². The lowest BCUT2D eigenvalue weighted by Gasteiger charge is -2.23. The Morgan fingerprint density at radius 1 is 0.462 bits per heavy atom. The molecule has 0 fully saturated rings. The Labute approximate surface area is 189 Å². The molecule has 0 rings (SSSR count). The molecular formula is C22H52Br2NP. The van der Waals surface area contributed by atoms with Gasteiger partial charge in [-0.25, -0.2) is 0 Å². The van der Waals surface area contributed by atoms with E-state index in [0.717, 1.165) is 0 Å². The molecule has 0 amide bonds. The summed E-state index contributed by atoms with van der Waals surface area (Å²) in [5.41, 5.74) is 0. The quantitative estimate of drug-likeness (QED) is 0.167.